The van der Waals surface area contributed by atoms with Gasteiger partial charge in [0.25, 0.3) is 0 Å². The SMILES string of the molecule is CCC[C@@H](/C=C(\C)C(=O)OCC)N(C)C(=O)C(NC(=O)C1CCCCN1C)C(C)(C)C. The lowest BCUT2D eigenvalue weighted by Gasteiger charge is -2.38. The molecule has 0 radical (unpaired) electrons. The van der Waals surface area contributed by atoms with Crippen molar-refractivity contribution in [1.29, 1.82) is 0 Å². The van der Waals surface area contributed by atoms with Crippen LogP contribution in [0.25, 0.3) is 0 Å². The number of carbonyl (C=O) groups excluding carboxylic acids is 3. The summed E-state index contributed by atoms with van der Waals surface area (Å²) in [4.78, 5) is 42.4. The fourth-order valence-corrected chi connectivity index (χ4v) is 3.95. The maximum Gasteiger partial charge on any atom is 0.333 e. The van der Waals surface area contributed by atoms with Gasteiger partial charge in [0.05, 0.1) is 18.7 Å². The maximum atomic E-state index is 13.5. The molecule has 0 aromatic heterocycles. The van der Waals surface area contributed by atoms with Crippen LogP contribution in [0.2, 0.25) is 0 Å². The second-order valence-electron chi connectivity index (χ2n) is 9.68. The fraction of sp³-hybridized carbons (Fsp3) is 0.792. The molecule has 0 bridgehead atoms. The number of hydrogen-bond acceptors (Lipinski definition) is 5. The van der Waals surface area contributed by atoms with Crippen molar-refractivity contribution in [2.75, 3.05) is 27.2 Å². The van der Waals surface area contributed by atoms with Gasteiger partial charge in [0.2, 0.25) is 11.8 Å². The van der Waals surface area contributed by atoms with Gasteiger partial charge in [0.15, 0.2) is 0 Å². The van der Waals surface area contributed by atoms with Crippen LogP contribution in [0.4, 0.5) is 0 Å². The van der Waals surface area contributed by atoms with E-state index in [1.165, 1.54) is 0 Å². The van der Waals surface area contributed by atoms with Gasteiger partial charge < -0.3 is 15.0 Å². The molecule has 1 rings (SSSR count). The number of likely N-dealkylation sites (N-methyl/N-ethyl adjacent to an activating group) is 2. The number of amides is 2. The highest BCUT2D eigenvalue weighted by Gasteiger charge is 2.38. The third-order valence-electron chi connectivity index (χ3n) is 5.94. The molecule has 2 unspecified atom stereocenters. The van der Waals surface area contributed by atoms with Crippen molar-refractivity contribution in [3.63, 3.8) is 0 Å². The number of hydrogen-bond donors (Lipinski definition) is 1. The van der Waals surface area contributed by atoms with Crippen molar-refractivity contribution >= 4 is 17.8 Å². The number of nitrogens with one attached hydrogen (secondary N) is 1. The van der Waals surface area contributed by atoms with Gasteiger partial charge in [-0.1, -0.05) is 46.6 Å². The number of rotatable bonds is 9. The molecule has 31 heavy (non-hydrogen) atoms. The summed E-state index contributed by atoms with van der Waals surface area (Å²) in [5.74, 6) is -0.606. The Labute approximate surface area is 188 Å². The first-order valence-corrected chi connectivity index (χ1v) is 11.6. The smallest absolute Gasteiger partial charge is 0.333 e. The van der Waals surface area contributed by atoms with Crippen LogP contribution in [0, 0.1) is 5.41 Å². The van der Waals surface area contributed by atoms with E-state index in [9.17, 15) is 14.4 Å². The quantitative estimate of drug-likeness (QED) is 0.443. The Balaban J connectivity index is 3.07. The molecule has 2 amide bonds. The number of esters is 1. The lowest BCUT2D eigenvalue weighted by Crippen LogP contribution is -2.59. The predicted octanol–water partition coefficient (Wildman–Crippen LogP) is 3.14. The van der Waals surface area contributed by atoms with Crippen LogP contribution in [0.5, 0.6) is 0 Å². The van der Waals surface area contributed by atoms with E-state index in [4.69, 9.17) is 4.74 Å². The Hall–Kier alpha value is -1.89. The normalized spacial score (nSPS) is 20.0. The summed E-state index contributed by atoms with van der Waals surface area (Å²) in [6.45, 7) is 12.6. The molecular formula is C24H43N3O4. The van der Waals surface area contributed by atoms with Gasteiger partial charge in [-0.3, -0.25) is 14.5 Å². The molecule has 1 aliphatic heterocycles. The Morgan fingerprint density at radius 3 is 2.39 bits per heavy atom. The molecule has 1 saturated heterocycles. The first-order chi connectivity index (χ1) is 14.4. The summed E-state index contributed by atoms with van der Waals surface area (Å²) in [7, 11) is 3.71. The van der Waals surface area contributed by atoms with Crippen molar-refractivity contribution in [2.24, 2.45) is 5.41 Å². The average molecular weight is 438 g/mol. The zero-order chi connectivity index (χ0) is 23.8. The third-order valence-corrected chi connectivity index (χ3v) is 5.94. The lowest BCUT2D eigenvalue weighted by atomic mass is 9.85. The van der Waals surface area contributed by atoms with Crippen LogP contribution in [-0.4, -0.2) is 73.0 Å². The monoisotopic (exact) mass is 437 g/mol. The van der Waals surface area contributed by atoms with Crippen molar-refractivity contribution in [1.82, 2.24) is 15.1 Å². The van der Waals surface area contributed by atoms with Crippen molar-refractivity contribution in [3.8, 4) is 0 Å². The maximum absolute atomic E-state index is 13.5. The van der Waals surface area contributed by atoms with Crippen molar-refractivity contribution < 1.29 is 19.1 Å². The first kappa shape index (κ1) is 27.1. The molecule has 1 heterocycles. The van der Waals surface area contributed by atoms with Gasteiger partial charge in [0, 0.05) is 12.6 Å². The molecule has 1 aliphatic rings. The molecular weight excluding hydrogens is 394 g/mol. The highest BCUT2D eigenvalue weighted by molar-refractivity contribution is 5.91. The average Bonchev–Trinajstić information content (AvgIpc) is 2.70. The molecule has 178 valence electrons. The summed E-state index contributed by atoms with van der Waals surface area (Å²) in [6.07, 6.45) is 6.30. The highest BCUT2D eigenvalue weighted by atomic mass is 16.5. The van der Waals surface area contributed by atoms with Gasteiger partial charge in [-0.15, -0.1) is 0 Å². The van der Waals surface area contributed by atoms with E-state index < -0.39 is 11.5 Å². The molecule has 7 heteroatoms. The van der Waals surface area contributed by atoms with Gasteiger partial charge in [-0.25, -0.2) is 4.79 Å². The van der Waals surface area contributed by atoms with Crippen molar-refractivity contribution in [3.05, 3.63) is 11.6 Å². The van der Waals surface area contributed by atoms with Crippen LogP contribution in [0.1, 0.15) is 73.6 Å². The highest BCUT2D eigenvalue weighted by Crippen LogP contribution is 2.24. The molecule has 0 aromatic rings. The Morgan fingerprint density at radius 2 is 1.87 bits per heavy atom. The number of carbonyl (C=O) groups is 3. The van der Waals surface area contributed by atoms with E-state index in [1.54, 1.807) is 31.9 Å². The number of nitrogens with zero attached hydrogens (tertiary/aromatic N) is 2. The van der Waals surface area contributed by atoms with Gasteiger partial charge in [0.1, 0.15) is 6.04 Å². The molecule has 0 spiro atoms. The van der Waals surface area contributed by atoms with Gasteiger partial charge >= 0.3 is 5.97 Å². The van der Waals surface area contributed by atoms with E-state index >= 15 is 0 Å². The Kier molecular flexibility index (Phi) is 10.7. The first-order valence-electron chi connectivity index (χ1n) is 11.6. The van der Waals surface area contributed by atoms with E-state index in [0.717, 1.165) is 38.6 Å². The van der Waals surface area contributed by atoms with Crippen LogP contribution in [-0.2, 0) is 19.1 Å². The molecule has 0 aromatic carbocycles. The largest absolute Gasteiger partial charge is 0.463 e. The second-order valence-corrected chi connectivity index (χ2v) is 9.68. The van der Waals surface area contributed by atoms with Crippen LogP contribution in [0.15, 0.2) is 11.6 Å². The van der Waals surface area contributed by atoms with Crippen LogP contribution >= 0.6 is 0 Å². The fourth-order valence-electron chi connectivity index (χ4n) is 3.95. The van der Waals surface area contributed by atoms with E-state index in [1.807, 2.05) is 34.7 Å². The second kappa shape index (κ2) is 12.2. The van der Waals surface area contributed by atoms with E-state index in [0.29, 0.717) is 12.2 Å². The summed E-state index contributed by atoms with van der Waals surface area (Å²) in [6, 6.07) is -1.11. The molecule has 0 saturated carbocycles. The topological polar surface area (TPSA) is 79.0 Å². The summed E-state index contributed by atoms with van der Waals surface area (Å²) in [5.41, 5.74) is 0.0328. The molecule has 1 N–H and O–H groups in total. The molecule has 7 nitrogen and oxygen atoms in total. The van der Waals surface area contributed by atoms with Gasteiger partial charge in [-0.05, 0) is 52.1 Å². The molecule has 0 aliphatic carbocycles. The number of likely N-dealkylation sites (tertiary alicyclic amines) is 1. The minimum atomic E-state index is -0.656. The van der Waals surface area contributed by atoms with Crippen LogP contribution < -0.4 is 5.32 Å². The Bertz CT molecular complexity index is 654. The summed E-state index contributed by atoms with van der Waals surface area (Å²) < 4.78 is 5.08. The molecule has 3 atom stereocenters. The summed E-state index contributed by atoms with van der Waals surface area (Å²) in [5, 5.41) is 3.05. The molecule has 1 fully saturated rings. The zero-order valence-corrected chi connectivity index (χ0v) is 20.8. The number of ether oxygens (including phenoxy) is 1. The lowest BCUT2D eigenvalue weighted by molar-refractivity contribution is -0.141. The predicted molar refractivity (Wildman–Crippen MR) is 124 cm³/mol. The standard InChI is InChI=1S/C24H43N3O4/c1-9-13-18(16-17(3)23(30)31-10-2)27(8)22(29)20(24(4,5)6)25-21(28)19-14-11-12-15-26(19)7/h16,18-20H,9-15H2,1-8H3,(H,25,28)/b17-16+/t18-,19?,20?/m0/s1. The van der Waals surface area contributed by atoms with Gasteiger partial charge in [-0.2, -0.15) is 0 Å². The van der Waals surface area contributed by atoms with E-state index in [2.05, 4.69) is 10.2 Å². The number of piperidine rings is 1. The summed E-state index contributed by atoms with van der Waals surface area (Å²) >= 11 is 0. The minimum absolute atomic E-state index is 0.0887. The third kappa shape index (κ3) is 7.95. The van der Waals surface area contributed by atoms with E-state index in [-0.39, 0.29) is 29.9 Å². The zero-order valence-electron chi connectivity index (χ0n) is 20.8. The van der Waals surface area contributed by atoms with Crippen LogP contribution in [0.3, 0.4) is 0 Å². The van der Waals surface area contributed by atoms with Crippen molar-refractivity contribution in [2.45, 2.75) is 91.8 Å². The Morgan fingerprint density at radius 1 is 1.23 bits per heavy atom. The minimum Gasteiger partial charge on any atom is -0.463 e.